The zero-order valence-electron chi connectivity index (χ0n) is 14.9. The van der Waals surface area contributed by atoms with Gasteiger partial charge in [0.2, 0.25) is 10.0 Å². The molecule has 0 saturated heterocycles. The number of sulfonamides is 1. The molecule has 0 aliphatic heterocycles. The van der Waals surface area contributed by atoms with E-state index in [2.05, 4.69) is 10.0 Å². The minimum atomic E-state index is -4.50. The van der Waals surface area contributed by atoms with Gasteiger partial charge in [0.15, 0.2) is 5.76 Å². The molecule has 0 unspecified atom stereocenters. The Labute approximate surface area is 164 Å². The molecule has 1 heterocycles. The summed E-state index contributed by atoms with van der Waals surface area (Å²) in [6.45, 7) is 0. The van der Waals surface area contributed by atoms with Crippen LogP contribution in [0.25, 0.3) is 11.3 Å². The average Bonchev–Trinajstić information content (AvgIpc) is 3.18. The van der Waals surface area contributed by atoms with Gasteiger partial charge in [0, 0.05) is 11.3 Å². The predicted molar refractivity (Wildman–Crippen MR) is 99.8 cm³/mol. The van der Waals surface area contributed by atoms with Crippen LogP contribution in [0.5, 0.6) is 0 Å². The van der Waals surface area contributed by atoms with Crippen LogP contribution in [0, 0.1) is 0 Å². The van der Waals surface area contributed by atoms with Gasteiger partial charge in [0.25, 0.3) is 5.91 Å². The van der Waals surface area contributed by atoms with Crippen molar-refractivity contribution in [2.24, 2.45) is 0 Å². The molecule has 10 heteroatoms. The van der Waals surface area contributed by atoms with Crippen molar-refractivity contribution in [2.75, 3.05) is 12.4 Å². The largest absolute Gasteiger partial charge is 0.451 e. The summed E-state index contributed by atoms with van der Waals surface area (Å²) >= 11 is 0. The Kier molecular flexibility index (Phi) is 5.49. The number of hydrogen-bond donors (Lipinski definition) is 2. The molecule has 6 nitrogen and oxygen atoms in total. The summed E-state index contributed by atoms with van der Waals surface area (Å²) in [6, 6.07) is 12.8. The van der Waals surface area contributed by atoms with Crippen LogP contribution in [0.2, 0.25) is 0 Å². The summed E-state index contributed by atoms with van der Waals surface area (Å²) in [5.41, 5.74) is -0.454. The number of amides is 1. The lowest BCUT2D eigenvalue weighted by Crippen LogP contribution is -2.19. The van der Waals surface area contributed by atoms with Gasteiger partial charge in [-0.25, -0.2) is 13.1 Å². The van der Waals surface area contributed by atoms with Crippen LogP contribution in [-0.4, -0.2) is 21.4 Å². The summed E-state index contributed by atoms with van der Waals surface area (Å²) in [5.74, 6) is -0.728. The Morgan fingerprint density at radius 1 is 1.00 bits per heavy atom. The van der Waals surface area contributed by atoms with E-state index >= 15 is 0 Å². The van der Waals surface area contributed by atoms with Crippen molar-refractivity contribution < 1.29 is 30.8 Å². The third-order valence-corrected chi connectivity index (χ3v) is 5.39. The SMILES string of the molecule is CNS(=O)(=O)c1cccc(NC(=O)c2ccc(-c3cccc(C(F)(F)F)c3)o2)c1. The number of nitrogens with one attached hydrogen (secondary N) is 2. The smallest absolute Gasteiger partial charge is 0.416 e. The second-order valence-corrected chi connectivity index (χ2v) is 7.82. The molecule has 0 bridgehead atoms. The summed E-state index contributed by atoms with van der Waals surface area (Å²) in [6.07, 6.45) is -4.50. The van der Waals surface area contributed by atoms with Gasteiger partial charge < -0.3 is 9.73 Å². The van der Waals surface area contributed by atoms with Crippen molar-refractivity contribution in [1.29, 1.82) is 0 Å². The van der Waals surface area contributed by atoms with Crippen LogP contribution in [0.3, 0.4) is 0 Å². The van der Waals surface area contributed by atoms with E-state index in [1.54, 1.807) is 0 Å². The van der Waals surface area contributed by atoms with Gasteiger partial charge in [-0.1, -0.05) is 18.2 Å². The van der Waals surface area contributed by atoms with E-state index in [1.807, 2.05) is 0 Å². The highest BCUT2D eigenvalue weighted by Crippen LogP contribution is 2.32. The van der Waals surface area contributed by atoms with Gasteiger partial charge in [-0.05, 0) is 49.5 Å². The third-order valence-electron chi connectivity index (χ3n) is 3.98. The molecule has 0 fully saturated rings. The highest BCUT2D eigenvalue weighted by atomic mass is 32.2. The van der Waals surface area contributed by atoms with E-state index in [1.165, 1.54) is 55.6 Å². The first-order valence-corrected chi connectivity index (χ1v) is 9.71. The molecular weight excluding hydrogens is 409 g/mol. The number of hydrogen-bond acceptors (Lipinski definition) is 4. The lowest BCUT2D eigenvalue weighted by Gasteiger charge is -2.08. The average molecular weight is 424 g/mol. The van der Waals surface area contributed by atoms with Crippen molar-refractivity contribution in [1.82, 2.24) is 4.72 Å². The van der Waals surface area contributed by atoms with Gasteiger partial charge in [0.05, 0.1) is 10.5 Å². The maximum Gasteiger partial charge on any atom is 0.416 e. The van der Waals surface area contributed by atoms with Gasteiger partial charge in [-0.3, -0.25) is 4.79 Å². The molecule has 152 valence electrons. The second-order valence-electron chi connectivity index (χ2n) is 5.93. The molecule has 3 rings (SSSR count). The molecule has 2 aromatic carbocycles. The molecule has 0 radical (unpaired) electrons. The van der Waals surface area contributed by atoms with Crippen molar-refractivity contribution in [3.8, 4) is 11.3 Å². The molecular formula is C19H15F3N2O4S. The second kappa shape index (κ2) is 7.72. The van der Waals surface area contributed by atoms with Crippen LogP contribution in [-0.2, 0) is 16.2 Å². The number of anilines is 1. The number of furan rings is 1. The normalized spacial score (nSPS) is 12.0. The summed E-state index contributed by atoms with van der Waals surface area (Å²) in [4.78, 5) is 12.3. The fourth-order valence-electron chi connectivity index (χ4n) is 2.52. The maximum atomic E-state index is 12.9. The van der Waals surface area contributed by atoms with E-state index < -0.39 is 27.7 Å². The van der Waals surface area contributed by atoms with Crippen LogP contribution in [0.1, 0.15) is 16.1 Å². The number of benzene rings is 2. The fourth-order valence-corrected chi connectivity index (χ4v) is 3.29. The van der Waals surface area contributed by atoms with Crippen molar-refractivity contribution in [3.05, 3.63) is 72.0 Å². The lowest BCUT2D eigenvalue weighted by molar-refractivity contribution is -0.137. The number of halogens is 3. The molecule has 2 N–H and O–H groups in total. The van der Waals surface area contributed by atoms with Crippen molar-refractivity contribution in [3.63, 3.8) is 0 Å². The van der Waals surface area contributed by atoms with Crippen LogP contribution < -0.4 is 10.0 Å². The van der Waals surface area contributed by atoms with Gasteiger partial charge >= 0.3 is 6.18 Å². The summed E-state index contributed by atoms with van der Waals surface area (Å²) in [7, 11) is -2.42. The van der Waals surface area contributed by atoms with E-state index in [-0.39, 0.29) is 27.7 Å². The quantitative estimate of drug-likeness (QED) is 0.645. The molecule has 0 atom stereocenters. The first kappa shape index (κ1) is 20.6. The van der Waals surface area contributed by atoms with Crippen LogP contribution >= 0.6 is 0 Å². The maximum absolute atomic E-state index is 12.9. The van der Waals surface area contributed by atoms with Crippen molar-refractivity contribution in [2.45, 2.75) is 11.1 Å². The first-order valence-electron chi connectivity index (χ1n) is 8.22. The Balaban J connectivity index is 1.81. The Bertz CT molecular complexity index is 1150. The van der Waals surface area contributed by atoms with E-state index in [4.69, 9.17) is 4.42 Å². The molecule has 0 saturated carbocycles. The number of alkyl halides is 3. The van der Waals surface area contributed by atoms with Crippen molar-refractivity contribution >= 4 is 21.6 Å². The summed E-state index contributed by atoms with van der Waals surface area (Å²) in [5, 5.41) is 2.49. The number of rotatable bonds is 5. The Morgan fingerprint density at radius 2 is 1.72 bits per heavy atom. The Hall–Kier alpha value is -3.11. The minimum Gasteiger partial charge on any atom is -0.451 e. The zero-order chi connectivity index (χ0) is 21.2. The van der Waals surface area contributed by atoms with E-state index in [0.717, 1.165) is 12.1 Å². The number of carbonyl (C=O) groups is 1. The van der Waals surface area contributed by atoms with Gasteiger partial charge in [-0.15, -0.1) is 0 Å². The topological polar surface area (TPSA) is 88.4 Å². The first-order chi connectivity index (χ1) is 13.6. The van der Waals surface area contributed by atoms with Crippen LogP contribution in [0.15, 0.2) is 70.0 Å². The van der Waals surface area contributed by atoms with Gasteiger partial charge in [-0.2, -0.15) is 13.2 Å². The monoisotopic (exact) mass is 424 g/mol. The zero-order valence-corrected chi connectivity index (χ0v) is 15.8. The molecule has 0 aliphatic rings. The highest BCUT2D eigenvalue weighted by Gasteiger charge is 2.30. The predicted octanol–water partition coefficient (Wildman–Crippen LogP) is 4.13. The summed E-state index contributed by atoms with van der Waals surface area (Å²) < 4.78 is 69.8. The van der Waals surface area contributed by atoms with E-state index in [9.17, 15) is 26.4 Å². The van der Waals surface area contributed by atoms with Gasteiger partial charge in [0.1, 0.15) is 5.76 Å². The fraction of sp³-hybridized carbons (Fsp3) is 0.105. The molecule has 0 spiro atoms. The standard InChI is InChI=1S/C19H15F3N2O4S/c1-23-29(26,27)15-7-3-6-14(11-15)24-18(25)17-9-8-16(28-17)12-4-2-5-13(10-12)19(20,21)22/h2-11,23H,1H3,(H,24,25). The molecule has 0 aliphatic carbocycles. The molecule has 29 heavy (non-hydrogen) atoms. The molecule has 1 aromatic heterocycles. The molecule has 1 amide bonds. The lowest BCUT2D eigenvalue weighted by atomic mass is 10.1. The third kappa shape index (κ3) is 4.66. The highest BCUT2D eigenvalue weighted by molar-refractivity contribution is 7.89. The number of carbonyl (C=O) groups excluding carboxylic acids is 1. The van der Waals surface area contributed by atoms with E-state index in [0.29, 0.717) is 0 Å². The molecule has 3 aromatic rings. The Morgan fingerprint density at radius 3 is 2.41 bits per heavy atom. The van der Waals surface area contributed by atoms with Crippen LogP contribution in [0.4, 0.5) is 18.9 Å². The minimum absolute atomic E-state index is 0.0399.